The topological polar surface area (TPSA) is 64.1 Å². The molecule has 2 rings (SSSR count). The molecule has 0 saturated heterocycles. The summed E-state index contributed by atoms with van der Waals surface area (Å²) >= 11 is 13.4. The van der Waals surface area contributed by atoms with E-state index in [0.29, 0.717) is 16.4 Å². The van der Waals surface area contributed by atoms with Gasteiger partial charge in [0, 0.05) is 12.0 Å². The van der Waals surface area contributed by atoms with Crippen LogP contribution in [0, 0.1) is 0 Å². The van der Waals surface area contributed by atoms with Gasteiger partial charge in [-0.15, -0.1) is 10.2 Å². The lowest BCUT2D eigenvalue weighted by atomic mass is 10.2. The second-order valence-electron chi connectivity index (χ2n) is 4.18. The molecule has 112 valence electrons. The first kappa shape index (κ1) is 16.0. The van der Waals surface area contributed by atoms with Crippen molar-refractivity contribution in [2.75, 3.05) is 12.4 Å². The fourth-order valence-electron chi connectivity index (χ4n) is 1.67. The van der Waals surface area contributed by atoms with Crippen LogP contribution in [0.3, 0.4) is 0 Å². The third-order valence-electron chi connectivity index (χ3n) is 2.62. The first-order valence-corrected chi connectivity index (χ1v) is 7.79. The fraction of sp³-hybridized carbons (Fsp3) is 0.308. The van der Waals surface area contributed by atoms with Crippen molar-refractivity contribution in [1.82, 2.24) is 10.2 Å². The fourth-order valence-corrected chi connectivity index (χ4v) is 3.15. The average molecular weight is 346 g/mol. The first-order chi connectivity index (χ1) is 10.0. The summed E-state index contributed by atoms with van der Waals surface area (Å²) in [6, 6.07) is 2.99. The van der Waals surface area contributed by atoms with Crippen LogP contribution in [0.1, 0.15) is 28.7 Å². The van der Waals surface area contributed by atoms with Gasteiger partial charge in [-0.1, -0.05) is 41.5 Å². The second-order valence-corrected chi connectivity index (χ2v) is 6.05. The quantitative estimate of drug-likeness (QED) is 0.887. The van der Waals surface area contributed by atoms with Crippen LogP contribution in [0.4, 0.5) is 5.13 Å². The summed E-state index contributed by atoms with van der Waals surface area (Å²) in [7, 11) is 1.46. The van der Waals surface area contributed by atoms with Crippen LogP contribution in [0.15, 0.2) is 12.1 Å². The minimum Gasteiger partial charge on any atom is -0.494 e. The van der Waals surface area contributed by atoms with Crippen LogP contribution in [0.25, 0.3) is 0 Å². The highest BCUT2D eigenvalue weighted by molar-refractivity contribution is 7.15. The number of hydrogen-bond donors (Lipinski definition) is 1. The van der Waals surface area contributed by atoms with Gasteiger partial charge in [-0.25, -0.2) is 0 Å². The Bertz CT molecular complexity index is 638. The van der Waals surface area contributed by atoms with Crippen molar-refractivity contribution in [3.05, 3.63) is 32.7 Å². The summed E-state index contributed by atoms with van der Waals surface area (Å²) in [5.74, 6) is -0.00307. The predicted molar refractivity (Wildman–Crippen MR) is 84.9 cm³/mol. The van der Waals surface area contributed by atoms with Crippen molar-refractivity contribution in [3.8, 4) is 5.75 Å². The molecule has 0 atom stereocenters. The molecule has 8 heteroatoms. The summed E-state index contributed by atoms with van der Waals surface area (Å²) in [6.07, 6.45) is 1.82. The van der Waals surface area contributed by atoms with Crippen molar-refractivity contribution in [2.45, 2.75) is 19.8 Å². The summed E-state index contributed by atoms with van der Waals surface area (Å²) in [5.41, 5.74) is 0.332. The molecule has 0 aliphatic carbocycles. The monoisotopic (exact) mass is 345 g/mol. The Kier molecular flexibility index (Phi) is 5.39. The molecule has 0 fully saturated rings. The van der Waals surface area contributed by atoms with Crippen molar-refractivity contribution in [2.24, 2.45) is 0 Å². The van der Waals surface area contributed by atoms with Crippen LogP contribution in [-0.4, -0.2) is 23.2 Å². The normalized spacial score (nSPS) is 10.5. The number of rotatable bonds is 5. The third-order valence-corrected chi connectivity index (χ3v) is 4.08. The van der Waals surface area contributed by atoms with Gasteiger partial charge >= 0.3 is 0 Å². The molecule has 1 aromatic heterocycles. The zero-order valence-corrected chi connectivity index (χ0v) is 13.8. The number of aryl methyl sites for hydroxylation is 1. The number of amides is 1. The van der Waals surface area contributed by atoms with E-state index < -0.39 is 0 Å². The maximum atomic E-state index is 12.2. The van der Waals surface area contributed by atoms with Crippen molar-refractivity contribution >= 4 is 45.6 Å². The average Bonchev–Trinajstić information content (AvgIpc) is 2.86. The summed E-state index contributed by atoms with van der Waals surface area (Å²) in [6.45, 7) is 2.06. The van der Waals surface area contributed by atoms with Gasteiger partial charge in [-0.2, -0.15) is 0 Å². The number of aromatic nitrogens is 2. The van der Waals surface area contributed by atoms with E-state index >= 15 is 0 Å². The standard InChI is InChI=1S/C13H13Cl2N3O2S/c1-3-4-10-17-18-13(21-10)16-12(19)7-5-8(14)11(20-2)9(15)6-7/h5-6H,3-4H2,1-2H3,(H,16,18,19). The summed E-state index contributed by atoms with van der Waals surface area (Å²) in [4.78, 5) is 12.2. The first-order valence-electron chi connectivity index (χ1n) is 6.22. The smallest absolute Gasteiger partial charge is 0.257 e. The number of carbonyl (C=O) groups excluding carboxylic acids is 1. The number of methoxy groups -OCH3 is 1. The molecule has 0 saturated carbocycles. The van der Waals surface area contributed by atoms with Crippen LogP contribution in [0.5, 0.6) is 5.75 Å². The lowest BCUT2D eigenvalue weighted by Crippen LogP contribution is -2.12. The highest BCUT2D eigenvalue weighted by Crippen LogP contribution is 2.34. The molecule has 1 aromatic carbocycles. The van der Waals surface area contributed by atoms with Gasteiger partial charge in [-0.3, -0.25) is 10.1 Å². The molecule has 5 nitrogen and oxygen atoms in total. The van der Waals surface area contributed by atoms with E-state index in [2.05, 4.69) is 22.4 Å². The number of ether oxygens (including phenoxy) is 1. The van der Waals surface area contributed by atoms with Gasteiger partial charge < -0.3 is 4.74 Å². The number of hydrogen-bond acceptors (Lipinski definition) is 5. The number of nitrogens with zero attached hydrogens (tertiary/aromatic N) is 2. The zero-order valence-electron chi connectivity index (χ0n) is 11.4. The van der Waals surface area contributed by atoms with E-state index in [-0.39, 0.29) is 16.0 Å². The van der Waals surface area contributed by atoms with Gasteiger partial charge in [0.1, 0.15) is 5.01 Å². The summed E-state index contributed by atoms with van der Waals surface area (Å²) < 4.78 is 5.04. The van der Waals surface area contributed by atoms with E-state index in [1.165, 1.54) is 30.6 Å². The molecule has 1 amide bonds. The van der Waals surface area contributed by atoms with Crippen molar-refractivity contribution in [1.29, 1.82) is 0 Å². The third kappa shape index (κ3) is 3.84. The predicted octanol–water partition coefficient (Wildman–Crippen LogP) is 4.06. The molecule has 1 heterocycles. The van der Waals surface area contributed by atoms with Crippen LogP contribution < -0.4 is 10.1 Å². The molecular formula is C13H13Cl2N3O2S. The van der Waals surface area contributed by atoms with Crippen molar-refractivity contribution in [3.63, 3.8) is 0 Å². The summed E-state index contributed by atoms with van der Waals surface area (Å²) in [5, 5.41) is 12.5. The highest BCUT2D eigenvalue weighted by Gasteiger charge is 2.15. The molecule has 0 aliphatic rings. The van der Waals surface area contributed by atoms with E-state index in [4.69, 9.17) is 27.9 Å². The number of anilines is 1. The maximum Gasteiger partial charge on any atom is 0.257 e. The highest BCUT2D eigenvalue weighted by atomic mass is 35.5. The van der Waals surface area contributed by atoms with E-state index in [1.807, 2.05) is 0 Å². The number of carbonyl (C=O) groups is 1. The molecule has 1 N–H and O–H groups in total. The minimum atomic E-state index is -0.347. The zero-order chi connectivity index (χ0) is 15.4. The van der Waals surface area contributed by atoms with Gasteiger partial charge in [0.05, 0.1) is 17.2 Å². The number of halogens is 2. The molecule has 0 spiro atoms. The minimum absolute atomic E-state index is 0.277. The van der Waals surface area contributed by atoms with E-state index in [1.54, 1.807) is 0 Å². The van der Waals surface area contributed by atoms with Gasteiger partial charge in [0.2, 0.25) is 5.13 Å². The van der Waals surface area contributed by atoms with Crippen LogP contribution >= 0.6 is 34.5 Å². The second kappa shape index (κ2) is 7.06. The lowest BCUT2D eigenvalue weighted by molar-refractivity contribution is 0.102. The molecule has 0 aliphatic heterocycles. The largest absolute Gasteiger partial charge is 0.494 e. The van der Waals surface area contributed by atoms with E-state index in [0.717, 1.165) is 17.8 Å². The Morgan fingerprint density at radius 3 is 2.57 bits per heavy atom. The van der Waals surface area contributed by atoms with Crippen LogP contribution in [0.2, 0.25) is 10.0 Å². The van der Waals surface area contributed by atoms with Crippen molar-refractivity contribution < 1.29 is 9.53 Å². The Hall–Kier alpha value is -1.37. The Balaban J connectivity index is 2.16. The Morgan fingerprint density at radius 1 is 1.33 bits per heavy atom. The van der Waals surface area contributed by atoms with E-state index in [9.17, 15) is 4.79 Å². The molecule has 2 aromatic rings. The molecular weight excluding hydrogens is 333 g/mol. The Labute approximate surface area is 136 Å². The maximum absolute atomic E-state index is 12.2. The Morgan fingerprint density at radius 2 is 2.00 bits per heavy atom. The van der Waals surface area contributed by atoms with Gasteiger partial charge in [0.25, 0.3) is 5.91 Å². The molecule has 21 heavy (non-hydrogen) atoms. The van der Waals surface area contributed by atoms with Gasteiger partial charge in [0.15, 0.2) is 5.75 Å². The van der Waals surface area contributed by atoms with Gasteiger partial charge in [-0.05, 0) is 18.6 Å². The molecule has 0 radical (unpaired) electrons. The molecule has 0 bridgehead atoms. The SMILES string of the molecule is CCCc1nnc(NC(=O)c2cc(Cl)c(OC)c(Cl)c2)s1. The number of benzene rings is 1. The lowest BCUT2D eigenvalue weighted by Gasteiger charge is -2.08. The number of nitrogens with one attached hydrogen (secondary N) is 1. The molecule has 0 unspecified atom stereocenters. The van der Waals surface area contributed by atoms with Crippen LogP contribution in [-0.2, 0) is 6.42 Å².